The Morgan fingerprint density at radius 3 is 1.36 bits per heavy atom. The summed E-state index contributed by atoms with van der Waals surface area (Å²) in [6, 6.07) is 21.6. The van der Waals surface area contributed by atoms with Crippen LogP contribution in [0, 0.1) is 0 Å². The smallest absolute Gasteiger partial charge is 0.870 e. The summed E-state index contributed by atoms with van der Waals surface area (Å²) < 4.78 is 79.5. The molecule has 10 nitrogen and oxygen atoms in total. The van der Waals surface area contributed by atoms with Gasteiger partial charge in [0.15, 0.2) is 11.5 Å². The molecule has 59 heavy (non-hydrogen) atoms. The van der Waals surface area contributed by atoms with E-state index in [1.807, 2.05) is 0 Å². The van der Waals surface area contributed by atoms with Crippen molar-refractivity contribution in [3.63, 3.8) is 0 Å². The van der Waals surface area contributed by atoms with Gasteiger partial charge in [-0.3, -0.25) is 4.55 Å². The summed E-state index contributed by atoms with van der Waals surface area (Å²) in [6.07, 6.45) is 22.3. The van der Waals surface area contributed by atoms with Crippen LogP contribution in [-0.2, 0) is 33.1 Å². The van der Waals surface area contributed by atoms with Crippen molar-refractivity contribution < 1.29 is 45.6 Å². The van der Waals surface area contributed by atoms with Gasteiger partial charge in [-0.25, -0.2) is 8.42 Å². The molecule has 0 aromatic heterocycles. The third kappa shape index (κ3) is 20.5. The Morgan fingerprint density at radius 1 is 0.525 bits per heavy atom. The quantitative estimate of drug-likeness (QED) is 0.0351. The molecule has 0 unspecified atom stereocenters. The van der Waals surface area contributed by atoms with Crippen LogP contribution in [0.2, 0.25) is 0 Å². The Labute approximate surface area is 383 Å². The summed E-state index contributed by atoms with van der Waals surface area (Å²) in [7, 11) is -8.99. The molecular formula is C46H62CaO10S2. The molecule has 0 spiro atoms. The van der Waals surface area contributed by atoms with Gasteiger partial charge in [0.05, 0.1) is 4.90 Å². The number of ether oxygens (including phenoxy) is 2. The molecule has 0 aliphatic rings. The molecule has 0 atom stereocenters. The van der Waals surface area contributed by atoms with Crippen molar-refractivity contribution in [1.29, 1.82) is 0 Å². The minimum Gasteiger partial charge on any atom is -0.870 e. The fraction of sp³-hybridized carbons (Fsp3) is 0.478. The van der Waals surface area contributed by atoms with E-state index in [1.54, 1.807) is 54.6 Å². The van der Waals surface area contributed by atoms with Gasteiger partial charge in [0.25, 0.3) is 10.1 Å². The number of hydrogen-bond acceptors (Lipinski definition) is 9. The number of phenols is 1. The zero-order valence-corrected chi connectivity index (χ0v) is 38.8. The molecule has 0 fully saturated rings. The van der Waals surface area contributed by atoms with Crippen LogP contribution in [0.15, 0.2) is 94.7 Å². The molecule has 4 rings (SSSR count). The normalized spacial score (nSPS) is 11.3. The van der Waals surface area contributed by atoms with Crippen LogP contribution in [0.5, 0.6) is 34.5 Å². The number of hydrogen-bond donors (Lipinski definition) is 2. The van der Waals surface area contributed by atoms with Gasteiger partial charge in [-0.2, -0.15) is 8.42 Å². The molecule has 0 aliphatic carbocycles. The predicted molar refractivity (Wildman–Crippen MR) is 232 cm³/mol. The van der Waals surface area contributed by atoms with Crippen LogP contribution in [0.3, 0.4) is 0 Å². The summed E-state index contributed by atoms with van der Waals surface area (Å²) >= 11 is 0. The number of unbranched alkanes of at least 4 members (excludes halogenated alkanes) is 16. The topological polar surface area (TPSA) is 173 Å². The second-order valence-corrected chi connectivity index (χ2v) is 17.5. The number of phenolic OH excluding ortho intramolecular Hbond substituents is 1. The molecular weight excluding hydrogens is 817 g/mol. The third-order valence-corrected chi connectivity index (χ3v) is 11.7. The Balaban J connectivity index is 0.000000400. The van der Waals surface area contributed by atoms with Crippen molar-refractivity contribution in [3.8, 4) is 34.5 Å². The van der Waals surface area contributed by atoms with Crippen LogP contribution in [0.4, 0.5) is 0 Å². The Hall–Kier alpha value is -2.84. The van der Waals surface area contributed by atoms with Crippen LogP contribution in [-0.4, -0.2) is 68.8 Å². The third-order valence-electron chi connectivity index (χ3n) is 9.89. The average molecular weight is 879 g/mol. The maximum absolute atomic E-state index is 11.8. The van der Waals surface area contributed by atoms with E-state index in [4.69, 9.17) is 9.47 Å². The van der Waals surface area contributed by atoms with Crippen molar-refractivity contribution >= 4 is 58.0 Å². The van der Waals surface area contributed by atoms with E-state index in [2.05, 4.69) is 13.8 Å². The molecule has 13 heteroatoms. The zero-order chi connectivity index (χ0) is 42.2. The van der Waals surface area contributed by atoms with E-state index in [-0.39, 0.29) is 82.0 Å². The van der Waals surface area contributed by atoms with E-state index in [0.29, 0.717) is 24.0 Å². The SMILES string of the molecule is CCCCCCCCCCCc1ccc(Oc2ccccc2O)cc1S(=O)(=O)O.CCCCCCCCCCCc1ccc(Oc2ccccc2[O-])cc1S(=O)(=O)[O-].[Ca+2]. The van der Waals surface area contributed by atoms with Crippen molar-refractivity contribution in [2.24, 2.45) is 0 Å². The van der Waals surface area contributed by atoms with Gasteiger partial charge >= 0.3 is 37.7 Å². The largest absolute Gasteiger partial charge is 2.00 e. The Bertz CT molecular complexity index is 1870. The molecule has 4 aromatic rings. The summed E-state index contributed by atoms with van der Waals surface area (Å²) in [6.45, 7) is 4.42. The molecule has 0 saturated heterocycles. The number of aryl methyl sites for hydroxylation is 2. The van der Waals surface area contributed by atoms with Crippen LogP contribution >= 0.6 is 0 Å². The molecule has 0 radical (unpaired) electrons. The fourth-order valence-electron chi connectivity index (χ4n) is 6.67. The Morgan fingerprint density at radius 2 is 0.915 bits per heavy atom. The summed E-state index contributed by atoms with van der Waals surface area (Å²) in [5, 5.41) is 21.6. The summed E-state index contributed by atoms with van der Waals surface area (Å²) in [4.78, 5) is -0.400. The minimum absolute atomic E-state index is 0. The van der Waals surface area contributed by atoms with Gasteiger partial charge in [0.1, 0.15) is 32.3 Å². The van der Waals surface area contributed by atoms with E-state index >= 15 is 0 Å². The van der Waals surface area contributed by atoms with E-state index in [0.717, 1.165) is 38.5 Å². The predicted octanol–water partition coefficient (Wildman–Crippen LogP) is 11.7. The van der Waals surface area contributed by atoms with Gasteiger partial charge < -0.3 is 24.2 Å². The van der Waals surface area contributed by atoms with Crippen LogP contribution in [0.25, 0.3) is 0 Å². The van der Waals surface area contributed by atoms with Gasteiger partial charge in [-0.05, 0) is 73.2 Å². The summed E-state index contributed by atoms with van der Waals surface area (Å²) in [5.74, 6) is 0.375. The second-order valence-electron chi connectivity index (χ2n) is 14.7. The van der Waals surface area contributed by atoms with Crippen molar-refractivity contribution in [1.82, 2.24) is 0 Å². The maximum atomic E-state index is 11.8. The Kier molecular flexibility index (Phi) is 25.4. The number of aromatic hydroxyl groups is 1. The maximum Gasteiger partial charge on any atom is 2.00 e. The first-order chi connectivity index (χ1) is 27.8. The second kappa shape index (κ2) is 28.6. The molecule has 0 aliphatic heterocycles. The molecule has 320 valence electrons. The number of para-hydroxylation sites is 4. The van der Waals surface area contributed by atoms with Crippen molar-refractivity contribution in [3.05, 3.63) is 96.1 Å². The standard InChI is InChI=1S/2C23H32O5S.Ca/c2*1-2-3-4-5-6-7-8-9-10-13-19-16-17-20(18-23(19)29(25,26)27)28-22-15-12-11-14-21(22)24;/h2*11-12,14-18,24H,2-10,13H2,1H3,(H,25,26,27);/q;;+2/p-2. The molecule has 2 N–H and O–H groups in total. The van der Waals surface area contributed by atoms with Crippen molar-refractivity contribution in [2.45, 2.75) is 152 Å². The van der Waals surface area contributed by atoms with Gasteiger partial charge in [-0.15, -0.1) is 0 Å². The van der Waals surface area contributed by atoms with Crippen LogP contribution < -0.4 is 14.6 Å². The van der Waals surface area contributed by atoms with Crippen molar-refractivity contribution in [2.75, 3.05) is 0 Å². The first-order valence-corrected chi connectivity index (χ1v) is 23.8. The molecule has 0 heterocycles. The molecule has 0 amide bonds. The molecule has 0 bridgehead atoms. The van der Waals surface area contributed by atoms with Crippen LogP contribution in [0.1, 0.15) is 141 Å². The van der Waals surface area contributed by atoms with E-state index in [1.165, 1.54) is 107 Å². The number of benzene rings is 4. The van der Waals surface area contributed by atoms with E-state index in [9.17, 15) is 36.2 Å². The van der Waals surface area contributed by atoms with Gasteiger partial charge in [0, 0.05) is 6.07 Å². The van der Waals surface area contributed by atoms with E-state index < -0.39 is 20.2 Å². The molecule has 0 saturated carbocycles. The zero-order valence-electron chi connectivity index (χ0n) is 34.9. The first-order valence-electron chi connectivity index (χ1n) is 20.9. The van der Waals surface area contributed by atoms with Gasteiger partial charge in [0.2, 0.25) is 0 Å². The molecule has 4 aromatic carbocycles. The number of rotatable bonds is 26. The fourth-order valence-corrected chi connectivity index (χ4v) is 8.18. The first kappa shape index (κ1) is 52.3. The van der Waals surface area contributed by atoms with Gasteiger partial charge in [-0.1, -0.05) is 165 Å². The average Bonchev–Trinajstić information content (AvgIpc) is 3.18. The minimum atomic E-state index is -4.63. The summed E-state index contributed by atoms with van der Waals surface area (Å²) in [5.41, 5.74) is 1.09. The monoisotopic (exact) mass is 878 g/mol.